The molecule has 0 aromatic carbocycles. The Balaban J connectivity index is 1.57. The maximum atomic E-state index is 5.52. The second-order valence-electron chi connectivity index (χ2n) is 5.04. The summed E-state index contributed by atoms with van der Waals surface area (Å²) in [5, 5.41) is 11.6. The van der Waals surface area contributed by atoms with Crippen LogP contribution in [0.5, 0.6) is 0 Å². The molecule has 0 amide bonds. The van der Waals surface area contributed by atoms with Crippen LogP contribution in [0.1, 0.15) is 18.5 Å². The van der Waals surface area contributed by atoms with Gasteiger partial charge in [0.25, 0.3) is 0 Å². The SMILES string of the molecule is CN(C)CCOCCn1cc(CNC2CC2)nn1. The molecule has 1 aromatic rings. The van der Waals surface area contributed by atoms with Crippen molar-refractivity contribution < 1.29 is 4.74 Å². The lowest BCUT2D eigenvalue weighted by molar-refractivity contribution is 0.108. The molecule has 0 saturated heterocycles. The third-order valence-electron chi connectivity index (χ3n) is 2.88. The lowest BCUT2D eigenvalue weighted by atomic mass is 10.4. The molecule has 1 saturated carbocycles. The first kappa shape index (κ1) is 13.5. The molecule has 0 aliphatic heterocycles. The Kier molecular flexibility index (Phi) is 5.10. The maximum Gasteiger partial charge on any atom is 0.0964 e. The van der Waals surface area contributed by atoms with Crippen LogP contribution < -0.4 is 5.32 Å². The zero-order valence-corrected chi connectivity index (χ0v) is 11.3. The van der Waals surface area contributed by atoms with E-state index in [1.54, 1.807) is 0 Å². The van der Waals surface area contributed by atoms with Crippen LogP contribution in [0.3, 0.4) is 0 Å². The lowest BCUT2D eigenvalue weighted by Gasteiger charge is -2.09. The highest BCUT2D eigenvalue weighted by atomic mass is 16.5. The fraction of sp³-hybridized carbons (Fsp3) is 0.833. The first-order chi connectivity index (χ1) is 8.74. The summed E-state index contributed by atoms with van der Waals surface area (Å²) < 4.78 is 7.37. The van der Waals surface area contributed by atoms with Gasteiger partial charge in [-0.25, -0.2) is 4.68 Å². The van der Waals surface area contributed by atoms with Gasteiger partial charge in [0.15, 0.2) is 0 Å². The molecule has 6 nitrogen and oxygen atoms in total. The highest BCUT2D eigenvalue weighted by molar-refractivity contribution is 4.94. The van der Waals surface area contributed by atoms with E-state index in [-0.39, 0.29) is 0 Å². The maximum absolute atomic E-state index is 5.52. The molecule has 6 heteroatoms. The summed E-state index contributed by atoms with van der Waals surface area (Å²) in [5.41, 5.74) is 1.01. The van der Waals surface area contributed by atoms with Gasteiger partial charge in [0.05, 0.1) is 25.5 Å². The quantitative estimate of drug-likeness (QED) is 0.633. The van der Waals surface area contributed by atoms with Crippen LogP contribution in [0.15, 0.2) is 6.20 Å². The number of hydrogen-bond acceptors (Lipinski definition) is 5. The average Bonchev–Trinajstić information content (AvgIpc) is 3.06. The largest absolute Gasteiger partial charge is 0.378 e. The minimum absolute atomic E-state index is 0.687. The summed E-state index contributed by atoms with van der Waals surface area (Å²) in [7, 11) is 4.08. The second kappa shape index (κ2) is 6.82. The summed E-state index contributed by atoms with van der Waals surface area (Å²) in [5.74, 6) is 0. The summed E-state index contributed by atoms with van der Waals surface area (Å²) >= 11 is 0. The van der Waals surface area contributed by atoms with Gasteiger partial charge in [-0.2, -0.15) is 0 Å². The predicted octanol–water partition coefficient (Wildman–Crippen LogP) is 0.108. The topological polar surface area (TPSA) is 55.2 Å². The number of nitrogens with one attached hydrogen (secondary N) is 1. The van der Waals surface area contributed by atoms with Crippen molar-refractivity contribution in [1.29, 1.82) is 0 Å². The molecular formula is C12H23N5O. The van der Waals surface area contributed by atoms with Crippen molar-refractivity contribution in [2.45, 2.75) is 32.0 Å². The number of hydrogen-bond donors (Lipinski definition) is 1. The van der Waals surface area contributed by atoms with Gasteiger partial charge in [-0.1, -0.05) is 5.21 Å². The number of likely N-dealkylation sites (N-methyl/N-ethyl adjacent to an activating group) is 1. The van der Waals surface area contributed by atoms with Crippen LogP contribution in [-0.4, -0.2) is 59.8 Å². The third-order valence-corrected chi connectivity index (χ3v) is 2.88. The van der Waals surface area contributed by atoms with E-state index in [2.05, 4.69) is 20.5 Å². The average molecular weight is 253 g/mol. The standard InChI is InChI=1S/C12H23N5O/c1-16(2)5-7-18-8-6-17-10-12(14-15-17)9-13-11-3-4-11/h10-11,13H,3-9H2,1-2H3. The molecule has 0 spiro atoms. The number of ether oxygens (including phenoxy) is 1. The van der Waals surface area contributed by atoms with Gasteiger partial charge in [-0.3, -0.25) is 0 Å². The van der Waals surface area contributed by atoms with Crippen molar-refractivity contribution in [2.24, 2.45) is 0 Å². The van der Waals surface area contributed by atoms with Gasteiger partial charge in [-0.05, 0) is 26.9 Å². The second-order valence-corrected chi connectivity index (χ2v) is 5.04. The van der Waals surface area contributed by atoms with Crippen LogP contribution in [0.2, 0.25) is 0 Å². The molecule has 0 atom stereocenters. The van der Waals surface area contributed by atoms with Crippen molar-refractivity contribution in [3.05, 3.63) is 11.9 Å². The molecule has 102 valence electrons. The van der Waals surface area contributed by atoms with E-state index in [1.807, 2.05) is 25.0 Å². The van der Waals surface area contributed by atoms with Crippen molar-refractivity contribution in [1.82, 2.24) is 25.2 Å². The van der Waals surface area contributed by atoms with Crippen molar-refractivity contribution in [2.75, 3.05) is 33.9 Å². The van der Waals surface area contributed by atoms with Crippen LogP contribution in [-0.2, 0) is 17.8 Å². The molecule has 1 aromatic heterocycles. The van der Waals surface area contributed by atoms with Gasteiger partial charge >= 0.3 is 0 Å². The van der Waals surface area contributed by atoms with E-state index < -0.39 is 0 Å². The fourth-order valence-corrected chi connectivity index (χ4v) is 1.57. The normalized spacial score (nSPS) is 15.5. The monoisotopic (exact) mass is 253 g/mol. The Morgan fingerprint density at radius 2 is 2.28 bits per heavy atom. The summed E-state index contributed by atoms with van der Waals surface area (Å²) in [4.78, 5) is 2.11. The Bertz CT molecular complexity index is 348. The van der Waals surface area contributed by atoms with Gasteiger partial charge in [0, 0.05) is 25.3 Å². The Morgan fingerprint density at radius 3 is 3.00 bits per heavy atom. The minimum Gasteiger partial charge on any atom is -0.378 e. The molecule has 2 rings (SSSR count). The summed E-state index contributed by atoms with van der Waals surface area (Å²) in [6, 6.07) is 0.713. The minimum atomic E-state index is 0.687. The fourth-order valence-electron chi connectivity index (χ4n) is 1.57. The smallest absolute Gasteiger partial charge is 0.0964 e. The van der Waals surface area contributed by atoms with Gasteiger partial charge < -0.3 is 15.0 Å². The Labute approximate surface area is 108 Å². The molecule has 1 aliphatic rings. The Morgan fingerprint density at radius 1 is 1.44 bits per heavy atom. The van der Waals surface area contributed by atoms with E-state index in [9.17, 15) is 0 Å². The zero-order chi connectivity index (χ0) is 12.8. The first-order valence-electron chi connectivity index (χ1n) is 6.59. The molecule has 0 radical (unpaired) electrons. The van der Waals surface area contributed by atoms with Gasteiger partial charge in [0.1, 0.15) is 0 Å². The number of nitrogens with zero attached hydrogens (tertiary/aromatic N) is 4. The van der Waals surface area contributed by atoms with E-state index in [4.69, 9.17) is 4.74 Å². The molecule has 1 N–H and O–H groups in total. The van der Waals surface area contributed by atoms with E-state index in [1.165, 1.54) is 12.8 Å². The van der Waals surface area contributed by atoms with Crippen LogP contribution in [0.4, 0.5) is 0 Å². The molecule has 1 heterocycles. The predicted molar refractivity (Wildman–Crippen MR) is 69.3 cm³/mol. The lowest BCUT2D eigenvalue weighted by Crippen LogP contribution is -2.19. The van der Waals surface area contributed by atoms with Gasteiger partial charge in [-0.15, -0.1) is 5.10 Å². The van der Waals surface area contributed by atoms with Gasteiger partial charge in [0.2, 0.25) is 0 Å². The number of rotatable bonds is 9. The number of aromatic nitrogens is 3. The van der Waals surface area contributed by atoms with Crippen molar-refractivity contribution in [3.63, 3.8) is 0 Å². The molecule has 0 bridgehead atoms. The highest BCUT2D eigenvalue weighted by Gasteiger charge is 2.20. The summed E-state index contributed by atoms with van der Waals surface area (Å²) in [6.07, 6.45) is 4.59. The van der Waals surface area contributed by atoms with Crippen LogP contribution >= 0.6 is 0 Å². The van der Waals surface area contributed by atoms with E-state index >= 15 is 0 Å². The molecule has 1 aliphatic carbocycles. The summed E-state index contributed by atoms with van der Waals surface area (Å²) in [6.45, 7) is 3.99. The zero-order valence-electron chi connectivity index (χ0n) is 11.3. The Hall–Kier alpha value is -0.980. The highest BCUT2D eigenvalue weighted by Crippen LogP contribution is 2.18. The van der Waals surface area contributed by atoms with E-state index in [0.29, 0.717) is 12.6 Å². The van der Waals surface area contributed by atoms with Crippen molar-refractivity contribution >= 4 is 0 Å². The van der Waals surface area contributed by atoms with Crippen molar-refractivity contribution in [3.8, 4) is 0 Å². The first-order valence-corrected chi connectivity index (χ1v) is 6.59. The van der Waals surface area contributed by atoms with Crippen LogP contribution in [0.25, 0.3) is 0 Å². The molecule has 18 heavy (non-hydrogen) atoms. The van der Waals surface area contributed by atoms with Crippen LogP contribution in [0, 0.1) is 0 Å². The molecular weight excluding hydrogens is 230 g/mol. The molecule has 0 unspecified atom stereocenters. The van der Waals surface area contributed by atoms with E-state index in [0.717, 1.165) is 31.9 Å². The third kappa shape index (κ3) is 5.12. The molecule has 1 fully saturated rings.